The Hall–Kier alpha value is -2.62. The minimum atomic E-state index is -0.490. The molecular formula is C24H18OS2. The Kier molecular flexibility index (Phi) is 4.19. The molecule has 0 saturated carbocycles. The van der Waals surface area contributed by atoms with Crippen LogP contribution in [0.15, 0.2) is 122 Å². The Balaban J connectivity index is 1.49. The summed E-state index contributed by atoms with van der Waals surface area (Å²) in [6.07, 6.45) is 0. The van der Waals surface area contributed by atoms with Gasteiger partial charge in [0.1, 0.15) is 5.75 Å². The highest BCUT2D eigenvalue weighted by Crippen LogP contribution is 2.62. The first kappa shape index (κ1) is 16.5. The molecule has 0 bridgehead atoms. The van der Waals surface area contributed by atoms with Gasteiger partial charge in [-0.25, -0.2) is 0 Å². The van der Waals surface area contributed by atoms with Gasteiger partial charge in [-0.15, -0.1) is 0 Å². The number of thiol groups is 1. The standard InChI is InChI=1S/C24H18OS2/c25-17-9-11-18(12-10-17)26-19-13-15-20(16-14-19)27-23-7-3-1-5-21(23)22-6-2-4-8-24(22)27/h1-16,25,27H. The number of phenols is 1. The van der Waals surface area contributed by atoms with Gasteiger partial charge in [0.15, 0.2) is 0 Å². The number of phenolic OH excluding ortho intramolecular Hbond substituents is 1. The Morgan fingerprint density at radius 1 is 0.556 bits per heavy atom. The van der Waals surface area contributed by atoms with Gasteiger partial charge in [0.05, 0.1) is 0 Å². The summed E-state index contributed by atoms with van der Waals surface area (Å²) in [4.78, 5) is 6.63. The topological polar surface area (TPSA) is 20.2 Å². The van der Waals surface area contributed by atoms with Crippen molar-refractivity contribution in [1.29, 1.82) is 0 Å². The van der Waals surface area contributed by atoms with E-state index in [4.69, 9.17) is 0 Å². The lowest BCUT2D eigenvalue weighted by Gasteiger charge is -2.19. The Bertz CT molecular complexity index is 1060. The zero-order chi connectivity index (χ0) is 18.2. The highest BCUT2D eigenvalue weighted by Gasteiger charge is 2.26. The molecule has 1 aliphatic heterocycles. The average Bonchev–Trinajstić information content (AvgIpc) is 3.05. The van der Waals surface area contributed by atoms with Crippen molar-refractivity contribution in [3.8, 4) is 16.9 Å². The lowest BCUT2D eigenvalue weighted by Crippen LogP contribution is -1.83. The van der Waals surface area contributed by atoms with Gasteiger partial charge in [-0.1, -0.05) is 48.2 Å². The van der Waals surface area contributed by atoms with Crippen molar-refractivity contribution in [2.24, 2.45) is 0 Å². The molecule has 3 heteroatoms. The first-order chi connectivity index (χ1) is 13.3. The summed E-state index contributed by atoms with van der Waals surface area (Å²) in [6, 6.07) is 33.9. The van der Waals surface area contributed by atoms with Crippen molar-refractivity contribution >= 4 is 22.7 Å². The summed E-state index contributed by atoms with van der Waals surface area (Å²) in [5.41, 5.74) is 2.75. The van der Waals surface area contributed by atoms with E-state index in [1.807, 2.05) is 12.1 Å². The molecule has 1 heterocycles. The molecule has 0 aromatic heterocycles. The molecule has 0 unspecified atom stereocenters. The number of rotatable bonds is 3. The van der Waals surface area contributed by atoms with Crippen molar-refractivity contribution in [2.75, 3.05) is 0 Å². The van der Waals surface area contributed by atoms with Gasteiger partial charge in [0.2, 0.25) is 0 Å². The van der Waals surface area contributed by atoms with Gasteiger partial charge in [-0.05, 0) is 76.7 Å². The largest absolute Gasteiger partial charge is 0.508 e. The fourth-order valence-electron chi connectivity index (χ4n) is 3.51. The Labute approximate surface area is 166 Å². The highest BCUT2D eigenvalue weighted by molar-refractivity contribution is 8.17. The second-order valence-corrected chi connectivity index (χ2v) is 9.76. The van der Waals surface area contributed by atoms with E-state index in [1.54, 1.807) is 23.9 Å². The molecule has 1 aliphatic rings. The fraction of sp³-hybridized carbons (Fsp3) is 0. The van der Waals surface area contributed by atoms with Crippen molar-refractivity contribution < 1.29 is 5.11 Å². The molecule has 4 aromatic rings. The van der Waals surface area contributed by atoms with Crippen LogP contribution in [0.25, 0.3) is 11.1 Å². The highest BCUT2D eigenvalue weighted by atomic mass is 32.2. The van der Waals surface area contributed by atoms with Gasteiger partial charge in [0, 0.05) is 19.6 Å². The quantitative estimate of drug-likeness (QED) is 0.325. The maximum absolute atomic E-state index is 9.43. The van der Waals surface area contributed by atoms with Crippen LogP contribution in [-0.2, 0) is 0 Å². The summed E-state index contributed by atoms with van der Waals surface area (Å²) in [6.45, 7) is 0. The molecule has 27 heavy (non-hydrogen) atoms. The molecule has 0 fully saturated rings. The normalized spacial score (nSPS) is 13.3. The minimum absolute atomic E-state index is 0.302. The smallest absolute Gasteiger partial charge is 0.115 e. The van der Waals surface area contributed by atoms with Crippen molar-refractivity contribution in [1.82, 2.24) is 0 Å². The van der Waals surface area contributed by atoms with Gasteiger partial charge in [0.25, 0.3) is 0 Å². The van der Waals surface area contributed by atoms with Crippen LogP contribution in [0, 0.1) is 0 Å². The maximum atomic E-state index is 9.43. The van der Waals surface area contributed by atoms with Crippen LogP contribution in [0.3, 0.4) is 0 Å². The predicted octanol–water partition coefficient (Wildman–Crippen LogP) is 7.00. The molecular weight excluding hydrogens is 368 g/mol. The van der Waals surface area contributed by atoms with Gasteiger partial charge in [-0.2, -0.15) is 10.9 Å². The SMILES string of the molecule is Oc1ccc(Sc2ccc([SH]3c4ccccc4-c4ccccc43)cc2)cc1. The second-order valence-electron chi connectivity index (χ2n) is 6.46. The van der Waals surface area contributed by atoms with Gasteiger partial charge < -0.3 is 5.11 Å². The molecule has 1 nitrogen and oxygen atoms in total. The molecule has 0 spiro atoms. The van der Waals surface area contributed by atoms with Crippen LogP contribution in [0.4, 0.5) is 0 Å². The van der Waals surface area contributed by atoms with Crippen LogP contribution in [0.5, 0.6) is 5.75 Å². The summed E-state index contributed by atoms with van der Waals surface area (Å²) < 4.78 is 0. The van der Waals surface area contributed by atoms with Crippen molar-refractivity contribution in [3.63, 3.8) is 0 Å². The Morgan fingerprint density at radius 3 is 1.59 bits per heavy atom. The number of hydrogen-bond donors (Lipinski definition) is 2. The van der Waals surface area contributed by atoms with Crippen molar-refractivity contribution in [3.05, 3.63) is 97.1 Å². The minimum Gasteiger partial charge on any atom is -0.508 e. The van der Waals surface area contributed by atoms with E-state index in [0.717, 1.165) is 4.90 Å². The molecule has 5 rings (SSSR count). The van der Waals surface area contributed by atoms with Crippen LogP contribution in [0.1, 0.15) is 0 Å². The van der Waals surface area contributed by atoms with Gasteiger partial charge >= 0.3 is 0 Å². The van der Waals surface area contributed by atoms with E-state index in [-0.39, 0.29) is 0 Å². The first-order valence-electron chi connectivity index (χ1n) is 8.85. The van der Waals surface area contributed by atoms with Crippen LogP contribution >= 0.6 is 22.7 Å². The molecule has 0 atom stereocenters. The Morgan fingerprint density at radius 2 is 1.04 bits per heavy atom. The lowest BCUT2D eigenvalue weighted by molar-refractivity contribution is 0.475. The zero-order valence-corrected chi connectivity index (χ0v) is 16.3. The van der Waals surface area contributed by atoms with E-state index in [9.17, 15) is 5.11 Å². The van der Waals surface area contributed by atoms with E-state index >= 15 is 0 Å². The van der Waals surface area contributed by atoms with Crippen LogP contribution < -0.4 is 0 Å². The van der Waals surface area contributed by atoms with Crippen LogP contribution in [-0.4, -0.2) is 5.11 Å². The molecule has 0 aliphatic carbocycles. The number of benzene rings is 4. The third-order valence-corrected chi connectivity index (χ3v) is 8.32. The summed E-state index contributed by atoms with van der Waals surface area (Å²) >= 11 is 1.71. The molecule has 0 amide bonds. The van der Waals surface area contributed by atoms with E-state index in [2.05, 4.69) is 72.8 Å². The monoisotopic (exact) mass is 386 g/mol. The first-order valence-corrected chi connectivity index (χ1v) is 11.0. The van der Waals surface area contributed by atoms with E-state index in [1.165, 1.54) is 30.7 Å². The number of aromatic hydroxyl groups is 1. The third-order valence-electron chi connectivity index (χ3n) is 4.75. The fourth-order valence-corrected chi connectivity index (χ4v) is 6.94. The van der Waals surface area contributed by atoms with Gasteiger partial charge in [-0.3, -0.25) is 0 Å². The predicted molar refractivity (Wildman–Crippen MR) is 114 cm³/mol. The summed E-state index contributed by atoms with van der Waals surface area (Å²) in [5, 5.41) is 9.43. The maximum Gasteiger partial charge on any atom is 0.115 e. The summed E-state index contributed by atoms with van der Waals surface area (Å²) in [7, 11) is -0.490. The zero-order valence-electron chi connectivity index (χ0n) is 14.5. The van der Waals surface area contributed by atoms with Crippen molar-refractivity contribution in [2.45, 2.75) is 24.5 Å². The lowest BCUT2D eigenvalue weighted by atomic mass is 10.1. The third kappa shape index (κ3) is 3.03. The number of hydrogen-bond acceptors (Lipinski definition) is 2. The molecule has 0 radical (unpaired) electrons. The summed E-state index contributed by atoms with van der Waals surface area (Å²) in [5.74, 6) is 0.302. The second kappa shape index (κ2) is 6.84. The van der Waals surface area contributed by atoms with E-state index < -0.39 is 10.9 Å². The molecule has 4 aromatic carbocycles. The molecule has 132 valence electrons. The molecule has 0 saturated heterocycles. The van der Waals surface area contributed by atoms with Crippen LogP contribution in [0.2, 0.25) is 0 Å². The molecule has 1 N–H and O–H groups in total. The average molecular weight is 387 g/mol. The van der Waals surface area contributed by atoms with E-state index in [0.29, 0.717) is 5.75 Å². The number of fused-ring (bicyclic) bond motifs is 3.